The van der Waals surface area contributed by atoms with Gasteiger partial charge in [-0.25, -0.2) is 13.6 Å². The van der Waals surface area contributed by atoms with E-state index in [-0.39, 0.29) is 18.3 Å². The standard InChI is InChI=1S/C6H14N2O4S/c1-12-5-6(9)8-3-2-4-13(7,10)11/h2-5H2,1H3,(H,8,9)(H2,7,10,11). The molecule has 0 spiro atoms. The summed E-state index contributed by atoms with van der Waals surface area (Å²) >= 11 is 0. The van der Waals surface area contributed by atoms with E-state index in [1.165, 1.54) is 7.11 Å². The Balaban J connectivity index is 3.41. The number of sulfonamides is 1. The maximum Gasteiger partial charge on any atom is 0.245 e. The van der Waals surface area contributed by atoms with Crippen molar-refractivity contribution in [2.45, 2.75) is 6.42 Å². The van der Waals surface area contributed by atoms with Crippen molar-refractivity contribution >= 4 is 15.9 Å². The van der Waals surface area contributed by atoms with Crippen LogP contribution < -0.4 is 10.5 Å². The lowest BCUT2D eigenvalue weighted by Gasteiger charge is -2.02. The second kappa shape index (κ2) is 5.90. The van der Waals surface area contributed by atoms with E-state index in [1.54, 1.807) is 0 Å². The summed E-state index contributed by atoms with van der Waals surface area (Å²) in [6.07, 6.45) is 0.314. The van der Waals surface area contributed by atoms with Gasteiger partial charge in [-0.05, 0) is 6.42 Å². The fourth-order valence-corrected chi connectivity index (χ4v) is 1.23. The molecule has 78 valence electrons. The molecular formula is C6H14N2O4S. The van der Waals surface area contributed by atoms with E-state index in [1.807, 2.05) is 0 Å². The maximum atomic E-state index is 10.8. The van der Waals surface area contributed by atoms with E-state index < -0.39 is 10.0 Å². The predicted octanol–water partition coefficient (Wildman–Crippen LogP) is -1.57. The van der Waals surface area contributed by atoms with Gasteiger partial charge in [0.05, 0.1) is 5.75 Å². The first-order valence-corrected chi connectivity index (χ1v) is 5.43. The molecule has 0 saturated heterocycles. The summed E-state index contributed by atoms with van der Waals surface area (Å²) in [7, 11) is -2.01. The number of hydrogen-bond donors (Lipinski definition) is 2. The highest BCUT2D eigenvalue weighted by Crippen LogP contribution is 1.83. The number of methoxy groups -OCH3 is 1. The van der Waals surface area contributed by atoms with Gasteiger partial charge >= 0.3 is 0 Å². The zero-order valence-electron chi connectivity index (χ0n) is 7.45. The third-order valence-electron chi connectivity index (χ3n) is 1.20. The molecule has 0 rings (SSSR count). The van der Waals surface area contributed by atoms with E-state index >= 15 is 0 Å². The molecular weight excluding hydrogens is 196 g/mol. The van der Waals surface area contributed by atoms with Gasteiger partial charge in [-0.15, -0.1) is 0 Å². The van der Waals surface area contributed by atoms with E-state index in [4.69, 9.17) is 5.14 Å². The van der Waals surface area contributed by atoms with E-state index in [0.29, 0.717) is 13.0 Å². The van der Waals surface area contributed by atoms with Crippen LogP contribution in [0.1, 0.15) is 6.42 Å². The van der Waals surface area contributed by atoms with Gasteiger partial charge in [0.15, 0.2) is 0 Å². The van der Waals surface area contributed by atoms with Crippen LogP contribution in [0.15, 0.2) is 0 Å². The Morgan fingerprint density at radius 1 is 1.54 bits per heavy atom. The van der Waals surface area contributed by atoms with Gasteiger partial charge in [-0.2, -0.15) is 0 Å². The number of amides is 1. The van der Waals surface area contributed by atoms with Crippen LogP contribution in [0.2, 0.25) is 0 Å². The number of hydrogen-bond acceptors (Lipinski definition) is 4. The minimum Gasteiger partial charge on any atom is -0.375 e. The van der Waals surface area contributed by atoms with Crippen molar-refractivity contribution in [1.82, 2.24) is 5.32 Å². The molecule has 0 bridgehead atoms. The Labute approximate surface area is 77.5 Å². The smallest absolute Gasteiger partial charge is 0.245 e. The van der Waals surface area contributed by atoms with Gasteiger partial charge in [-0.1, -0.05) is 0 Å². The number of nitrogens with two attached hydrogens (primary N) is 1. The Morgan fingerprint density at radius 2 is 2.15 bits per heavy atom. The monoisotopic (exact) mass is 210 g/mol. The molecule has 7 heteroatoms. The highest BCUT2D eigenvalue weighted by atomic mass is 32.2. The molecule has 6 nitrogen and oxygen atoms in total. The summed E-state index contributed by atoms with van der Waals surface area (Å²) in [6.45, 7) is 0.272. The minimum absolute atomic E-state index is 0.0185. The van der Waals surface area contributed by atoms with Gasteiger partial charge < -0.3 is 10.1 Å². The average molecular weight is 210 g/mol. The quantitative estimate of drug-likeness (QED) is 0.517. The van der Waals surface area contributed by atoms with E-state index in [0.717, 1.165) is 0 Å². The van der Waals surface area contributed by atoms with Gasteiger partial charge in [0.2, 0.25) is 15.9 Å². The molecule has 0 saturated carbocycles. The normalized spacial score (nSPS) is 11.2. The van der Waals surface area contributed by atoms with Crippen LogP contribution in [0.4, 0.5) is 0 Å². The third-order valence-corrected chi connectivity index (χ3v) is 2.06. The van der Waals surface area contributed by atoms with Crippen molar-refractivity contribution in [3.05, 3.63) is 0 Å². The minimum atomic E-state index is -3.42. The lowest BCUT2D eigenvalue weighted by Crippen LogP contribution is -2.29. The SMILES string of the molecule is COCC(=O)NCCCS(N)(=O)=O. The number of carbonyl (C=O) groups is 1. The third kappa shape index (κ3) is 9.25. The number of nitrogens with one attached hydrogen (secondary N) is 1. The Morgan fingerprint density at radius 3 is 2.62 bits per heavy atom. The molecule has 0 aromatic carbocycles. The van der Waals surface area contributed by atoms with Crippen LogP contribution in [0.5, 0.6) is 0 Å². The van der Waals surface area contributed by atoms with Crippen molar-refractivity contribution in [1.29, 1.82) is 0 Å². The highest BCUT2D eigenvalue weighted by Gasteiger charge is 2.03. The molecule has 0 fully saturated rings. The molecule has 0 radical (unpaired) electrons. The number of primary sulfonamides is 1. The maximum absolute atomic E-state index is 10.8. The lowest BCUT2D eigenvalue weighted by atomic mass is 10.4. The summed E-state index contributed by atoms with van der Waals surface area (Å²) in [5.41, 5.74) is 0. The summed E-state index contributed by atoms with van der Waals surface area (Å²) in [4.78, 5) is 10.8. The molecule has 0 aliphatic carbocycles. The Bertz CT molecular complexity index is 249. The summed E-state index contributed by atoms with van der Waals surface area (Å²) in [5, 5.41) is 7.22. The van der Waals surface area contributed by atoms with Gasteiger partial charge in [0, 0.05) is 13.7 Å². The second-order valence-electron chi connectivity index (χ2n) is 2.50. The molecule has 0 heterocycles. The zero-order valence-corrected chi connectivity index (χ0v) is 8.26. The summed E-state index contributed by atoms with van der Waals surface area (Å²) in [5.74, 6) is -0.391. The number of rotatable bonds is 6. The lowest BCUT2D eigenvalue weighted by molar-refractivity contribution is -0.124. The topological polar surface area (TPSA) is 98.5 Å². The fourth-order valence-electron chi connectivity index (χ4n) is 0.683. The van der Waals surface area contributed by atoms with E-state index in [9.17, 15) is 13.2 Å². The zero-order chi connectivity index (χ0) is 10.3. The van der Waals surface area contributed by atoms with Crippen LogP contribution in [0.3, 0.4) is 0 Å². The Kier molecular flexibility index (Phi) is 5.60. The van der Waals surface area contributed by atoms with Crippen molar-refractivity contribution in [2.75, 3.05) is 26.0 Å². The predicted molar refractivity (Wildman–Crippen MR) is 47.5 cm³/mol. The van der Waals surface area contributed by atoms with E-state index in [2.05, 4.69) is 10.1 Å². The molecule has 0 aromatic rings. The van der Waals surface area contributed by atoms with Gasteiger partial charge in [-0.3, -0.25) is 4.79 Å². The number of carbonyl (C=O) groups excluding carboxylic acids is 1. The van der Waals surface area contributed by atoms with Crippen LogP contribution >= 0.6 is 0 Å². The molecule has 3 N–H and O–H groups in total. The summed E-state index contributed by atoms with van der Waals surface area (Å²) in [6, 6.07) is 0. The Hall–Kier alpha value is -0.660. The van der Waals surface area contributed by atoms with Crippen molar-refractivity contribution in [3.63, 3.8) is 0 Å². The second-order valence-corrected chi connectivity index (χ2v) is 4.24. The van der Waals surface area contributed by atoms with Crippen molar-refractivity contribution < 1.29 is 17.9 Å². The van der Waals surface area contributed by atoms with Crippen LogP contribution in [0, 0.1) is 0 Å². The van der Waals surface area contributed by atoms with Crippen LogP contribution in [-0.2, 0) is 19.6 Å². The van der Waals surface area contributed by atoms with Gasteiger partial charge in [0.25, 0.3) is 0 Å². The molecule has 0 unspecified atom stereocenters. The molecule has 0 aromatic heterocycles. The molecule has 0 aliphatic rings. The molecule has 13 heavy (non-hydrogen) atoms. The number of ether oxygens (including phenoxy) is 1. The highest BCUT2D eigenvalue weighted by molar-refractivity contribution is 7.89. The van der Waals surface area contributed by atoms with Gasteiger partial charge in [0.1, 0.15) is 6.61 Å². The van der Waals surface area contributed by atoms with Crippen LogP contribution in [-0.4, -0.2) is 40.3 Å². The van der Waals surface area contributed by atoms with Crippen LogP contribution in [0.25, 0.3) is 0 Å². The van der Waals surface area contributed by atoms with Crippen molar-refractivity contribution in [2.24, 2.45) is 5.14 Å². The average Bonchev–Trinajstić information content (AvgIpc) is 1.97. The first-order valence-electron chi connectivity index (χ1n) is 3.72. The molecule has 1 amide bonds. The fraction of sp³-hybridized carbons (Fsp3) is 0.833. The first kappa shape index (κ1) is 12.3. The first-order chi connectivity index (χ1) is 5.95. The largest absolute Gasteiger partial charge is 0.375 e. The summed E-state index contributed by atoms with van der Waals surface area (Å²) < 4.78 is 25.4. The molecule has 0 aliphatic heterocycles. The molecule has 0 atom stereocenters. The van der Waals surface area contributed by atoms with Crippen molar-refractivity contribution in [3.8, 4) is 0 Å².